The molecule has 6 heteroatoms. The van der Waals surface area contributed by atoms with Gasteiger partial charge in [0.25, 0.3) is 0 Å². The predicted molar refractivity (Wildman–Crippen MR) is 94.8 cm³/mol. The fourth-order valence-electron chi connectivity index (χ4n) is 2.80. The summed E-state index contributed by atoms with van der Waals surface area (Å²) in [4.78, 5) is 18.4. The Morgan fingerprint density at radius 3 is 2.80 bits per heavy atom. The molecule has 25 heavy (non-hydrogen) atoms. The molecule has 1 fully saturated rings. The fourth-order valence-corrected chi connectivity index (χ4v) is 2.80. The van der Waals surface area contributed by atoms with Crippen LogP contribution in [0.4, 0.5) is 4.79 Å². The van der Waals surface area contributed by atoms with Gasteiger partial charge in [0.05, 0.1) is 13.7 Å². The summed E-state index contributed by atoms with van der Waals surface area (Å²) in [7, 11) is 1.63. The Hall–Kier alpha value is -2.76. The molecule has 1 atom stereocenters. The number of ether oxygens (including phenoxy) is 2. The molecule has 2 amide bonds. The number of hydrogen-bond donors (Lipinski definition) is 1. The van der Waals surface area contributed by atoms with Gasteiger partial charge in [-0.05, 0) is 30.7 Å². The highest BCUT2D eigenvalue weighted by molar-refractivity contribution is 5.74. The number of likely N-dealkylation sites (tertiary alicyclic amines) is 1. The van der Waals surface area contributed by atoms with Gasteiger partial charge in [-0.2, -0.15) is 0 Å². The lowest BCUT2D eigenvalue weighted by Gasteiger charge is -2.18. The molecule has 132 valence electrons. The molecule has 0 unspecified atom stereocenters. The Kier molecular flexibility index (Phi) is 5.38. The van der Waals surface area contributed by atoms with Crippen LogP contribution in [0.1, 0.15) is 17.7 Å². The van der Waals surface area contributed by atoms with Crippen molar-refractivity contribution in [3.8, 4) is 11.6 Å². The van der Waals surface area contributed by atoms with E-state index < -0.39 is 0 Å². The number of aryl methyl sites for hydroxylation is 1. The molecule has 1 saturated heterocycles. The van der Waals surface area contributed by atoms with Crippen molar-refractivity contribution >= 4 is 6.03 Å². The average molecular weight is 341 g/mol. The van der Waals surface area contributed by atoms with Gasteiger partial charge < -0.3 is 19.7 Å². The van der Waals surface area contributed by atoms with Crippen LogP contribution in [-0.2, 0) is 6.54 Å². The quantitative estimate of drug-likeness (QED) is 0.908. The van der Waals surface area contributed by atoms with Crippen molar-refractivity contribution in [2.75, 3.05) is 20.2 Å². The Balaban J connectivity index is 1.47. The number of benzene rings is 1. The van der Waals surface area contributed by atoms with Gasteiger partial charge >= 0.3 is 6.03 Å². The highest BCUT2D eigenvalue weighted by Crippen LogP contribution is 2.17. The molecule has 1 aliphatic heterocycles. The number of pyridine rings is 1. The van der Waals surface area contributed by atoms with Crippen molar-refractivity contribution in [2.45, 2.75) is 26.0 Å². The molecular weight excluding hydrogens is 318 g/mol. The van der Waals surface area contributed by atoms with E-state index in [1.165, 1.54) is 0 Å². The summed E-state index contributed by atoms with van der Waals surface area (Å²) in [6, 6.07) is 13.3. The minimum Gasteiger partial charge on any atom is -0.497 e. The lowest BCUT2D eigenvalue weighted by Crippen LogP contribution is -2.39. The summed E-state index contributed by atoms with van der Waals surface area (Å²) in [6.07, 6.45) is 0.798. The lowest BCUT2D eigenvalue weighted by atomic mass is 10.2. The minimum absolute atomic E-state index is 0.0129. The zero-order chi connectivity index (χ0) is 17.6. The lowest BCUT2D eigenvalue weighted by molar-refractivity contribution is 0.183. The van der Waals surface area contributed by atoms with Gasteiger partial charge in [0.1, 0.15) is 11.9 Å². The SMILES string of the molecule is COc1ccc(CNC(=O)N2CC[C@H](Oc3cccc(C)n3)C2)cc1. The molecule has 1 aromatic carbocycles. The predicted octanol–water partition coefficient (Wildman–Crippen LogP) is 2.76. The number of carbonyl (C=O) groups excluding carboxylic acids is 1. The minimum atomic E-state index is -0.0703. The summed E-state index contributed by atoms with van der Waals surface area (Å²) in [6.45, 7) is 3.68. The maximum atomic E-state index is 12.3. The van der Waals surface area contributed by atoms with Gasteiger partial charge in [0.2, 0.25) is 5.88 Å². The van der Waals surface area contributed by atoms with Crippen LogP contribution in [0.15, 0.2) is 42.5 Å². The molecule has 3 rings (SSSR count). The normalized spacial score (nSPS) is 16.6. The van der Waals surface area contributed by atoms with E-state index >= 15 is 0 Å². The number of methoxy groups -OCH3 is 1. The molecule has 1 N–H and O–H groups in total. The molecule has 0 radical (unpaired) electrons. The van der Waals surface area contributed by atoms with Crippen molar-refractivity contribution in [3.05, 3.63) is 53.7 Å². The monoisotopic (exact) mass is 341 g/mol. The summed E-state index contributed by atoms with van der Waals surface area (Å²) >= 11 is 0. The molecular formula is C19H23N3O3. The second-order valence-corrected chi connectivity index (χ2v) is 6.10. The number of nitrogens with one attached hydrogen (secondary N) is 1. The van der Waals surface area contributed by atoms with Crippen LogP contribution in [-0.4, -0.2) is 42.2 Å². The molecule has 0 saturated carbocycles. The van der Waals surface area contributed by atoms with Crippen LogP contribution in [0.25, 0.3) is 0 Å². The maximum absolute atomic E-state index is 12.3. The van der Waals surface area contributed by atoms with E-state index in [0.717, 1.165) is 23.4 Å². The standard InChI is InChI=1S/C19H23N3O3/c1-14-4-3-5-18(21-14)25-17-10-11-22(13-17)19(23)20-12-15-6-8-16(24-2)9-7-15/h3-9,17H,10-13H2,1-2H3,(H,20,23)/t17-/m0/s1. The van der Waals surface area contributed by atoms with E-state index in [0.29, 0.717) is 25.5 Å². The van der Waals surface area contributed by atoms with Gasteiger partial charge in [-0.25, -0.2) is 9.78 Å². The van der Waals surface area contributed by atoms with Gasteiger partial charge in [0, 0.05) is 31.3 Å². The van der Waals surface area contributed by atoms with Gasteiger partial charge in [-0.3, -0.25) is 0 Å². The Bertz CT molecular complexity index is 718. The molecule has 1 aromatic heterocycles. The van der Waals surface area contributed by atoms with E-state index in [-0.39, 0.29) is 12.1 Å². The molecule has 0 bridgehead atoms. The number of urea groups is 1. The Labute approximate surface area is 147 Å². The zero-order valence-electron chi connectivity index (χ0n) is 14.6. The van der Waals surface area contributed by atoms with Crippen molar-refractivity contribution < 1.29 is 14.3 Å². The van der Waals surface area contributed by atoms with Crippen molar-refractivity contribution in [1.29, 1.82) is 0 Å². The van der Waals surface area contributed by atoms with E-state index in [1.54, 1.807) is 12.0 Å². The summed E-state index contributed by atoms with van der Waals surface area (Å²) < 4.78 is 11.0. The van der Waals surface area contributed by atoms with E-state index in [2.05, 4.69) is 10.3 Å². The maximum Gasteiger partial charge on any atom is 0.317 e. The number of hydrogen-bond acceptors (Lipinski definition) is 4. The van der Waals surface area contributed by atoms with E-state index in [9.17, 15) is 4.79 Å². The molecule has 0 spiro atoms. The number of amides is 2. The van der Waals surface area contributed by atoms with Gasteiger partial charge in [-0.15, -0.1) is 0 Å². The third-order valence-electron chi connectivity index (χ3n) is 4.19. The number of nitrogens with zero attached hydrogens (tertiary/aromatic N) is 2. The number of aromatic nitrogens is 1. The third-order valence-corrected chi connectivity index (χ3v) is 4.19. The Morgan fingerprint density at radius 2 is 2.08 bits per heavy atom. The van der Waals surface area contributed by atoms with Crippen molar-refractivity contribution in [1.82, 2.24) is 15.2 Å². The van der Waals surface area contributed by atoms with Crippen LogP contribution in [0.5, 0.6) is 11.6 Å². The first-order valence-corrected chi connectivity index (χ1v) is 8.40. The topological polar surface area (TPSA) is 63.7 Å². The highest BCUT2D eigenvalue weighted by atomic mass is 16.5. The second-order valence-electron chi connectivity index (χ2n) is 6.10. The number of rotatable bonds is 5. The Morgan fingerprint density at radius 1 is 1.28 bits per heavy atom. The molecule has 1 aliphatic rings. The molecule has 0 aliphatic carbocycles. The van der Waals surface area contributed by atoms with E-state index in [4.69, 9.17) is 9.47 Å². The fraction of sp³-hybridized carbons (Fsp3) is 0.368. The first-order valence-electron chi connectivity index (χ1n) is 8.40. The zero-order valence-corrected chi connectivity index (χ0v) is 14.6. The summed E-state index contributed by atoms with van der Waals surface area (Å²) in [5.41, 5.74) is 1.95. The smallest absolute Gasteiger partial charge is 0.317 e. The molecule has 2 aromatic rings. The molecule has 6 nitrogen and oxygen atoms in total. The summed E-state index contributed by atoms with van der Waals surface area (Å²) in [5.74, 6) is 1.42. The first-order chi connectivity index (χ1) is 12.1. The largest absolute Gasteiger partial charge is 0.497 e. The highest BCUT2D eigenvalue weighted by Gasteiger charge is 2.27. The van der Waals surface area contributed by atoms with Crippen LogP contribution in [0.2, 0.25) is 0 Å². The van der Waals surface area contributed by atoms with Crippen LogP contribution < -0.4 is 14.8 Å². The second kappa shape index (κ2) is 7.88. The first kappa shape index (κ1) is 17.1. The molecule has 2 heterocycles. The van der Waals surface area contributed by atoms with Crippen LogP contribution in [0, 0.1) is 6.92 Å². The summed E-state index contributed by atoms with van der Waals surface area (Å²) in [5, 5.41) is 2.95. The number of carbonyl (C=O) groups is 1. The van der Waals surface area contributed by atoms with Crippen molar-refractivity contribution in [2.24, 2.45) is 0 Å². The average Bonchev–Trinajstić information content (AvgIpc) is 3.08. The van der Waals surface area contributed by atoms with Gasteiger partial charge in [0.15, 0.2) is 0 Å². The van der Waals surface area contributed by atoms with Crippen LogP contribution >= 0.6 is 0 Å². The van der Waals surface area contributed by atoms with Crippen LogP contribution in [0.3, 0.4) is 0 Å². The van der Waals surface area contributed by atoms with Gasteiger partial charge in [-0.1, -0.05) is 18.2 Å². The van der Waals surface area contributed by atoms with Crippen molar-refractivity contribution in [3.63, 3.8) is 0 Å². The third kappa shape index (κ3) is 4.62. The van der Waals surface area contributed by atoms with E-state index in [1.807, 2.05) is 49.4 Å².